The molecule has 0 bridgehead atoms. The summed E-state index contributed by atoms with van der Waals surface area (Å²) in [7, 11) is 0. The fourth-order valence-electron chi connectivity index (χ4n) is 1.57. The molecule has 3 heteroatoms. The fraction of sp³-hybridized carbons (Fsp3) is 0.643. The molecule has 0 aliphatic heterocycles. The summed E-state index contributed by atoms with van der Waals surface area (Å²) in [6.45, 7) is 9.95. The summed E-state index contributed by atoms with van der Waals surface area (Å²) in [6, 6.07) is 4.60. The van der Waals surface area contributed by atoms with Crippen LogP contribution in [0.15, 0.2) is 23.4 Å². The third-order valence-electron chi connectivity index (χ3n) is 2.52. The number of hydrogen-bond acceptors (Lipinski definition) is 3. The molecule has 0 fully saturated rings. The van der Waals surface area contributed by atoms with Crippen LogP contribution < -0.4 is 5.32 Å². The van der Waals surface area contributed by atoms with Gasteiger partial charge < -0.3 is 5.32 Å². The van der Waals surface area contributed by atoms with Gasteiger partial charge in [-0.1, -0.05) is 26.8 Å². The minimum absolute atomic E-state index is 0.387. The van der Waals surface area contributed by atoms with Crippen LogP contribution in [0, 0.1) is 5.92 Å². The van der Waals surface area contributed by atoms with E-state index >= 15 is 0 Å². The Balaban J connectivity index is 2.69. The molecule has 0 aliphatic carbocycles. The fourth-order valence-corrected chi connectivity index (χ4v) is 2.61. The molecule has 1 aromatic heterocycles. The molecule has 1 heterocycles. The molecule has 1 atom stereocenters. The van der Waals surface area contributed by atoms with Gasteiger partial charge in [-0.05, 0) is 31.9 Å². The molecular weight excluding hydrogens is 228 g/mol. The van der Waals surface area contributed by atoms with E-state index in [4.69, 9.17) is 0 Å². The first kappa shape index (κ1) is 14.5. The number of thioether (sulfide) groups is 1. The van der Waals surface area contributed by atoms with Gasteiger partial charge in [0.05, 0.1) is 0 Å². The van der Waals surface area contributed by atoms with Crippen LogP contribution in [0.3, 0.4) is 0 Å². The van der Waals surface area contributed by atoms with E-state index in [2.05, 4.69) is 44.1 Å². The summed E-state index contributed by atoms with van der Waals surface area (Å²) in [6.07, 6.45) is 3.05. The average molecular weight is 252 g/mol. The Labute approximate surface area is 110 Å². The molecule has 1 N–H and O–H groups in total. The van der Waals surface area contributed by atoms with Crippen LogP contribution in [0.25, 0.3) is 0 Å². The second-order valence-electron chi connectivity index (χ2n) is 4.78. The second-order valence-corrected chi connectivity index (χ2v) is 5.79. The van der Waals surface area contributed by atoms with Gasteiger partial charge in [0.1, 0.15) is 5.03 Å². The van der Waals surface area contributed by atoms with Crippen molar-refractivity contribution < 1.29 is 0 Å². The lowest BCUT2D eigenvalue weighted by Gasteiger charge is -2.17. The molecule has 96 valence electrons. The maximum atomic E-state index is 4.50. The maximum absolute atomic E-state index is 4.50. The van der Waals surface area contributed by atoms with Crippen molar-refractivity contribution in [2.75, 3.05) is 12.3 Å². The molecule has 2 nitrogen and oxygen atoms in total. The molecule has 1 rings (SSSR count). The zero-order valence-corrected chi connectivity index (χ0v) is 12.2. The summed E-state index contributed by atoms with van der Waals surface area (Å²) < 4.78 is 0. The van der Waals surface area contributed by atoms with Gasteiger partial charge >= 0.3 is 0 Å². The van der Waals surface area contributed by atoms with E-state index in [-0.39, 0.29) is 0 Å². The van der Waals surface area contributed by atoms with Crippen molar-refractivity contribution in [1.82, 2.24) is 10.3 Å². The zero-order valence-electron chi connectivity index (χ0n) is 11.4. The van der Waals surface area contributed by atoms with Gasteiger partial charge in [0.25, 0.3) is 0 Å². The lowest BCUT2D eigenvalue weighted by atomic mass is 10.1. The van der Waals surface area contributed by atoms with Crippen molar-refractivity contribution in [3.63, 3.8) is 0 Å². The van der Waals surface area contributed by atoms with Gasteiger partial charge in [-0.3, -0.25) is 0 Å². The van der Waals surface area contributed by atoms with Crippen LogP contribution in [-0.2, 0) is 0 Å². The number of nitrogens with one attached hydrogen (secondary N) is 1. The van der Waals surface area contributed by atoms with Crippen LogP contribution in [-0.4, -0.2) is 17.3 Å². The Morgan fingerprint density at radius 2 is 2.12 bits per heavy atom. The van der Waals surface area contributed by atoms with Gasteiger partial charge in [0.2, 0.25) is 0 Å². The van der Waals surface area contributed by atoms with Crippen molar-refractivity contribution >= 4 is 11.8 Å². The molecule has 0 saturated heterocycles. The zero-order chi connectivity index (χ0) is 12.7. The molecule has 1 aromatic rings. The van der Waals surface area contributed by atoms with Crippen LogP contribution in [0.5, 0.6) is 0 Å². The summed E-state index contributed by atoms with van der Waals surface area (Å²) in [4.78, 5) is 4.50. The molecule has 0 saturated carbocycles. The average Bonchev–Trinajstić information content (AvgIpc) is 2.33. The Bertz CT molecular complexity index is 326. The van der Waals surface area contributed by atoms with Crippen molar-refractivity contribution in [3.05, 3.63) is 23.9 Å². The number of pyridine rings is 1. The van der Waals surface area contributed by atoms with E-state index in [1.165, 1.54) is 17.0 Å². The van der Waals surface area contributed by atoms with E-state index < -0.39 is 0 Å². The lowest BCUT2D eigenvalue weighted by Crippen LogP contribution is -2.20. The second kappa shape index (κ2) is 7.72. The summed E-state index contributed by atoms with van der Waals surface area (Å²) in [5.74, 6) is 1.83. The quantitative estimate of drug-likeness (QED) is 0.745. The molecule has 17 heavy (non-hydrogen) atoms. The third-order valence-corrected chi connectivity index (χ3v) is 3.97. The highest BCUT2D eigenvalue weighted by Crippen LogP contribution is 2.26. The molecular formula is C14H24N2S. The predicted molar refractivity (Wildman–Crippen MR) is 76.5 cm³/mol. The van der Waals surface area contributed by atoms with E-state index in [0.29, 0.717) is 12.0 Å². The number of nitrogens with zero attached hydrogens (tertiary/aromatic N) is 1. The van der Waals surface area contributed by atoms with Gasteiger partial charge in [0.15, 0.2) is 0 Å². The first-order chi connectivity index (χ1) is 8.15. The topological polar surface area (TPSA) is 24.9 Å². The van der Waals surface area contributed by atoms with Gasteiger partial charge in [0, 0.05) is 23.6 Å². The minimum Gasteiger partial charge on any atom is -0.310 e. The minimum atomic E-state index is 0.387. The Hall–Kier alpha value is -0.540. The van der Waals surface area contributed by atoms with Gasteiger partial charge in [-0.15, -0.1) is 11.8 Å². The smallest absolute Gasteiger partial charge is 0.101 e. The van der Waals surface area contributed by atoms with E-state index in [9.17, 15) is 0 Å². The van der Waals surface area contributed by atoms with E-state index in [1.54, 1.807) is 0 Å². The van der Waals surface area contributed by atoms with Crippen LogP contribution in [0.4, 0.5) is 0 Å². The maximum Gasteiger partial charge on any atom is 0.101 e. The van der Waals surface area contributed by atoms with Crippen molar-refractivity contribution in [2.45, 2.75) is 45.2 Å². The number of aromatic nitrogens is 1. The Morgan fingerprint density at radius 1 is 1.35 bits per heavy atom. The lowest BCUT2D eigenvalue weighted by molar-refractivity contribution is 0.560. The summed E-state index contributed by atoms with van der Waals surface area (Å²) in [5.41, 5.74) is 1.33. The first-order valence-corrected chi connectivity index (χ1v) is 7.44. The summed E-state index contributed by atoms with van der Waals surface area (Å²) in [5, 5.41) is 4.70. The molecule has 0 aliphatic rings. The van der Waals surface area contributed by atoms with Crippen molar-refractivity contribution in [3.8, 4) is 0 Å². The Morgan fingerprint density at radius 3 is 2.76 bits per heavy atom. The van der Waals surface area contributed by atoms with Gasteiger partial charge in [-0.2, -0.15) is 0 Å². The Kier molecular flexibility index (Phi) is 6.60. The molecule has 0 aromatic carbocycles. The van der Waals surface area contributed by atoms with Gasteiger partial charge in [-0.25, -0.2) is 4.98 Å². The van der Waals surface area contributed by atoms with Crippen LogP contribution in [0.1, 0.15) is 45.7 Å². The molecule has 0 spiro atoms. The van der Waals surface area contributed by atoms with E-state index in [1.807, 2.05) is 24.0 Å². The highest BCUT2D eigenvalue weighted by molar-refractivity contribution is 7.99. The van der Waals surface area contributed by atoms with Crippen LogP contribution >= 0.6 is 11.8 Å². The summed E-state index contributed by atoms with van der Waals surface area (Å²) >= 11 is 1.87. The van der Waals surface area contributed by atoms with Crippen molar-refractivity contribution in [1.29, 1.82) is 0 Å². The SMILES string of the molecule is CCCNC(C)c1cccnc1SCC(C)C. The van der Waals surface area contributed by atoms with Crippen LogP contribution in [0.2, 0.25) is 0 Å². The third kappa shape index (κ3) is 5.09. The highest BCUT2D eigenvalue weighted by Gasteiger charge is 2.11. The standard InChI is InChI=1S/C14H24N2S/c1-5-8-15-12(4)13-7-6-9-16-14(13)17-10-11(2)3/h6-7,9,11-12,15H,5,8,10H2,1-4H3. The normalized spacial score (nSPS) is 13.0. The van der Waals surface area contributed by atoms with E-state index in [0.717, 1.165) is 12.3 Å². The predicted octanol–water partition coefficient (Wildman–Crippen LogP) is 3.89. The monoisotopic (exact) mass is 252 g/mol. The molecule has 1 unspecified atom stereocenters. The first-order valence-electron chi connectivity index (χ1n) is 6.46. The molecule has 0 amide bonds. The highest BCUT2D eigenvalue weighted by atomic mass is 32.2. The van der Waals surface area contributed by atoms with Crippen molar-refractivity contribution in [2.24, 2.45) is 5.92 Å². The molecule has 0 radical (unpaired) electrons. The largest absolute Gasteiger partial charge is 0.310 e. The number of hydrogen-bond donors (Lipinski definition) is 1. The number of rotatable bonds is 7.